The predicted octanol–water partition coefficient (Wildman–Crippen LogP) is 4.14. The van der Waals surface area contributed by atoms with Crippen molar-refractivity contribution in [2.45, 2.75) is 18.7 Å². The lowest BCUT2D eigenvalue weighted by Gasteiger charge is -2.19. The molecule has 1 unspecified atom stereocenters. The van der Waals surface area contributed by atoms with Gasteiger partial charge in [0.1, 0.15) is 17.4 Å². The first kappa shape index (κ1) is 19.6. The summed E-state index contributed by atoms with van der Waals surface area (Å²) in [6, 6.07) is 3.21. The monoisotopic (exact) mass is 394 g/mol. The summed E-state index contributed by atoms with van der Waals surface area (Å²) >= 11 is 5.77. The molecule has 25 heavy (non-hydrogen) atoms. The van der Waals surface area contributed by atoms with Crippen molar-refractivity contribution in [2.75, 3.05) is 19.5 Å². The fourth-order valence-electron chi connectivity index (χ4n) is 2.69. The van der Waals surface area contributed by atoms with Crippen LogP contribution in [0.15, 0.2) is 24.4 Å². The molecule has 2 aromatic rings. The zero-order valence-corrected chi connectivity index (χ0v) is 14.7. The van der Waals surface area contributed by atoms with Gasteiger partial charge in [0.2, 0.25) is 0 Å². The maximum atomic E-state index is 12.9. The molecule has 0 bridgehead atoms. The first-order chi connectivity index (χ1) is 11.3. The molecule has 2 heterocycles. The summed E-state index contributed by atoms with van der Waals surface area (Å²) in [6.45, 7) is 0.350. The number of amides is 1. The Kier molecular flexibility index (Phi) is 5.68. The number of benzene rings is 1. The lowest BCUT2D eigenvalue weighted by molar-refractivity contribution is -0.137. The Morgan fingerprint density at radius 2 is 2.12 bits per heavy atom. The van der Waals surface area contributed by atoms with Crippen LogP contribution in [0.25, 0.3) is 10.9 Å². The van der Waals surface area contributed by atoms with Gasteiger partial charge < -0.3 is 9.64 Å². The van der Waals surface area contributed by atoms with E-state index in [1.165, 1.54) is 17.2 Å². The molecule has 1 aliphatic rings. The van der Waals surface area contributed by atoms with Gasteiger partial charge in [-0.15, -0.1) is 24.0 Å². The highest BCUT2D eigenvalue weighted by molar-refractivity contribution is 6.17. The van der Waals surface area contributed by atoms with Crippen molar-refractivity contribution in [1.29, 1.82) is 0 Å². The number of halogens is 5. The van der Waals surface area contributed by atoms with Crippen molar-refractivity contribution in [2.24, 2.45) is 0 Å². The first-order valence-corrected chi connectivity index (χ1v) is 7.82. The third-order valence-corrected chi connectivity index (χ3v) is 4.14. The molecule has 0 saturated heterocycles. The molecule has 1 aromatic carbocycles. The first-order valence-electron chi connectivity index (χ1n) is 7.29. The lowest BCUT2D eigenvalue weighted by Crippen LogP contribution is -2.34. The molecule has 0 radical (unpaired) electrons. The van der Waals surface area contributed by atoms with Crippen molar-refractivity contribution in [3.05, 3.63) is 35.5 Å². The van der Waals surface area contributed by atoms with E-state index in [4.69, 9.17) is 16.3 Å². The summed E-state index contributed by atoms with van der Waals surface area (Å²) in [4.78, 5) is 18.0. The van der Waals surface area contributed by atoms with E-state index in [0.717, 1.165) is 12.1 Å². The fourth-order valence-corrected chi connectivity index (χ4v) is 2.94. The van der Waals surface area contributed by atoms with Crippen LogP contribution in [0.4, 0.5) is 13.2 Å². The third-order valence-electron chi connectivity index (χ3n) is 3.92. The molecule has 136 valence electrons. The maximum absolute atomic E-state index is 12.9. The van der Waals surface area contributed by atoms with E-state index < -0.39 is 11.7 Å². The number of rotatable bonds is 2. The highest BCUT2D eigenvalue weighted by Gasteiger charge is 2.32. The second-order valence-electron chi connectivity index (χ2n) is 5.63. The van der Waals surface area contributed by atoms with Crippen molar-refractivity contribution < 1.29 is 22.7 Å². The summed E-state index contributed by atoms with van der Waals surface area (Å²) in [5.74, 6) is 0.332. The predicted molar refractivity (Wildman–Crippen MR) is 90.7 cm³/mol. The Hall–Kier alpha value is -1.73. The molecule has 1 amide bonds. The van der Waals surface area contributed by atoms with E-state index in [0.29, 0.717) is 24.2 Å². The van der Waals surface area contributed by atoms with Gasteiger partial charge in [0, 0.05) is 24.5 Å². The SMILES string of the molecule is CN1CC(CCCl)Oc2c(cnc3cc(C(F)(F)F)ccc23)C1=O.Cl. The molecule has 9 heteroatoms. The Morgan fingerprint density at radius 1 is 1.40 bits per heavy atom. The van der Waals surface area contributed by atoms with Crippen LogP contribution in [0.5, 0.6) is 5.75 Å². The van der Waals surface area contributed by atoms with E-state index in [9.17, 15) is 18.0 Å². The number of ether oxygens (including phenoxy) is 1. The van der Waals surface area contributed by atoms with Gasteiger partial charge in [-0.25, -0.2) is 0 Å². The quantitative estimate of drug-likeness (QED) is 0.718. The molecule has 0 spiro atoms. The number of alkyl halides is 4. The number of likely N-dealkylation sites (N-methyl/N-ethyl adjacent to an activating group) is 1. The summed E-state index contributed by atoms with van der Waals surface area (Å²) in [7, 11) is 1.64. The number of pyridine rings is 1. The molecule has 0 N–H and O–H groups in total. The van der Waals surface area contributed by atoms with Crippen LogP contribution >= 0.6 is 24.0 Å². The molecule has 4 nitrogen and oxygen atoms in total. The number of hydrogen-bond donors (Lipinski definition) is 0. The van der Waals surface area contributed by atoms with E-state index in [2.05, 4.69) is 4.98 Å². The summed E-state index contributed by atoms with van der Waals surface area (Å²) in [6.07, 6.45) is -3.01. The zero-order valence-electron chi connectivity index (χ0n) is 13.1. The number of aromatic nitrogens is 1. The van der Waals surface area contributed by atoms with Crippen molar-refractivity contribution in [3.63, 3.8) is 0 Å². The molecular formula is C16H15Cl2F3N2O2. The molecular weight excluding hydrogens is 380 g/mol. The van der Waals surface area contributed by atoms with Crippen LogP contribution < -0.4 is 4.74 Å². The van der Waals surface area contributed by atoms with Crippen LogP contribution in [0, 0.1) is 0 Å². The summed E-state index contributed by atoms with van der Waals surface area (Å²) in [5, 5.41) is 0.378. The second-order valence-corrected chi connectivity index (χ2v) is 6.01. The number of carbonyl (C=O) groups is 1. The van der Waals surface area contributed by atoms with Gasteiger partial charge in [-0.2, -0.15) is 13.2 Å². The molecule has 1 atom stereocenters. The van der Waals surface area contributed by atoms with Crippen molar-refractivity contribution in [1.82, 2.24) is 9.88 Å². The molecule has 0 fully saturated rings. The topological polar surface area (TPSA) is 42.4 Å². The molecule has 1 aliphatic heterocycles. The number of carbonyl (C=O) groups excluding carboxylic acids is 1. The number of hydrogen-bond acceptors (Lipinski definition) is 3. The minimum absolute atomic E-state index is 0. The van der Waals surface area contributed by atoms with Gasteiger partial charge in [-0.3, -0.25) is 9.78 Å². The minimum atomic E-state index is -4.46. The Morgan fingerprint density at radius 3 is 2.76 bits per heavy atom. The van der Waals surface area contributed by atoms with Gasteiger partial charge >= 0.3 is 6.18 Å². The Bertz CT molecular complexity index is 799. The van der Waals surface area contributed by atoms with E-state index in [-0.39, 0.29) is 41.2 Å². The van der Waals surface area contributed by atoms with Crippen LogP contribution in [-0.4, -0.2) is 41.4 Å². The van der Waals surface area contributed by atoms with Gasteiger partial charge in [-0.05, 0) is 24.6 Å². The largest absolute Gasteiger partial charge is 0.487 e. The van der Waals surface area contributed by atoms with E-state index in [1.54, 1.807) is 7.05 Å². The second kappa shape index (κ2) is 7.25. The van der Waals surface area contributed by atoms with Crippen LogP contribution in [0.2, 0.25) is 0 Å². The zero-order chi connectivity index (χ0) is 17.5. The normalized spacial score (nSPS) is 17.6. The highest BCUT2D eigenvalue weighted by Crippen LogP contribution is 2.36. The average Bonchev–Trinajstić information content (AvgIpc) is 2.64. The van der Waals surface area contributed by atoms with Crippen molar-refractivity contribution in [3.8, 4) is 5.75 Å². The minimum Gasteiger partial charge on any atom is -0.487 e. The average molecular weight is 395 g/mol. The summed E-state index contributed by atoms with van der Waals surface area (Å²) in [5.41, 5.74) is -0.427. The number of nitrogens with zero attached hydrogens (tertiary/aromatic N) is 2. The smallest absolute Gasteiger partial charge is 0.416 e. The lowest BCUT2D eigenvalue weighted by atomic mass is 10.1. The van der Waals surface area contributed by atoms with Crippen LogP contribution in [-0.2, 0) is 6.18 Å². The highest BCUT2D eigenvalue weighted by atomic mass is 35.5. The van der Waals surface area contributed by atoms with Gasteiger partial charge in [-0.1, -0.05) is 0 Å². The molecule has 3 rings (SSSR count). The van der Waals surface area contributed by atoms with Gasteiger partial charge in [0.25, 0.3) is 5.91 Å². The molecule has 1 aromatic heterocycles. The number of fused-ring (bicyclic) bond motifs is 3. The fraction of sp³-hybridized carbons (Fsp3) is 0.375. The molecule has 0 saturated carbocycles. The van der Waals surface area contributed by atoms with E-state index >= 15 is 0 Å². The Labute approximate surface area is 153 Å². The molecule has 0 aliphatic carbocycles. The van der Waals surface area contributed by atoms with Crippen molar-refractivity contribution >= 4 is 40.8 Å². The Balaban J connectivity index is 0.00000225. The van der Waals surface area contributed by atoms with Gasteiger partial charge in [0.05, 0.1) is 17.6 Å². The summed E-state index contributed by atoms with van der Waals surface area (Å²) < 4.78 is 44.5. The third kappa shape index (κ3) is 3.77. The van der Waals surface area contributed by atoms with Crippen LogP contribution in [0.3, 0.4) is 0 Å². The van der Waals surface area contributed by atoms with Gasteiger partial charge in [0.15, 0.2) is 0 Å². The van der Waals surface area contributed by atoms with Crippen LogP contribution in [0.1, 0.15) is 22.3 Å². The maximum Gasteiger partial charge on any atom is 0.416 e. The van der Waals surface area contributed by atoms with E-state index in [1.807, 2.05) is 0 Å². The standard InChI is InChI=1S/C16H14ClF3N2O2.ClH/c1-22-8-10(4-5-17)24-14-11-3-2-9(16(18,19)20)6-13(11)21-7-12(14)15(22)23;/h2-3,6-7,10H,4-5,8H2,1H3;1H.